The summed E-state index contributed by atoms with van der Waals surface area (Å²) in [5.41, 5.74) is 0. The number of aliphatic hydroxyl groups excluding tert-OH is 1. The minimum absolute atomic E-state index is 0.0134. The summed E-state index contributed by atoms with van der Waals surface area (Å²) in [6, 6.07) is -0.801. The van der Waals surface area contributed by atoms with Crippen molar-refractivity contribution < 1.29 is 32.9 Å². The zero-order valence-electron chi connectivity index (χ0n) is 51.9. The Labute approximate surface area is 479 Å². The maximum Gasteiger partial charge on any atom is 0.268 e. The second-order valence-corrected chi connectivity index (χ2v) is 25.6. The Morgan fingerprint density at radius 2 is 0.792 bits per heavy atom. The van der Waals surface area contributed by atoms with E-state index < -0.39 is 20.0 Å². The SMILES string of the molecule is CC/C=C\C/C=C\C/C=C\C/C=C\CCCCCCCCCCCCCCCCCCCCC(=O)NC(COP(=O)([O-])OCC[N+](C)(C)C)C(O)CCCCCCCCCCCCCCCCCCCCCCCCCC. The van der Waals surface area contributed by atoms with Gasteiger partial charge in [-0.25, -0.2) is 0 Å². The van der Waals surface area contributed by atoms with Gasteiger partial charge in [-0.05, 0) is 51.4 Å². The van der Waals surface area contributed by atoms with Gasteiger partial charge in [-0.2, -0.15) is 0 Å². The molecule has 0 radical (unpaired) electrons. The van der Waals surface area contributed by atoms with Crippen LogP contribution in [0.4, 0.5) is 0 Å². The lowest BCUT2D eigenvalue weighted by Gasteiger charge is -2.30. The highest BCUT2D eigenvalue weighted by atomic mass is 31.2. The number of carbonyl (C=O) groups excluding carboxylic acids is 1. The Balaban J connectivity index is 4.03. The lowest BCUT2D eigenvalue weighted by Crippen LogP contribution is -2.46. The maximum absolute atomic E-state index is 13.0. The summed E-state index contributed by atoms with van der Waals surface area (Å²) in [5.74, 6) is -0.159. The number of allylic oxidation sites excluding steroid dienone is 8. The van der Waals surface area contributed by atoms with E-state index in [2.05, 4.69) is 67.8 Å². The topological polar surface area (TPSA) is 108 Å². The fourth-order valence-electron chi connectivity index (χ4n) is 10.2. The lowest BCUT2D eigenvalue weighted by molar-refractivity contribution is -0.870. The molecule has 8 nitrogen and oxygen atoms in total. The minimum atomic E-state index is -4.58. The normalized spacial score (nSPS) is 14.0. The molecule has 0 fully saturated rings. The zero-order chi connectivity index (χ0) is 56.3. The number of quaternary nitrogens is 1. The van der Waals surface area contributed by atoms with Crippen molar-refractivity contribution in [2.24, 2.45) is 0 Å². The van der Waals surface area contributed by atoms with Crippen molar-refractivity contribution in [3.63, 3.8) is 0 Å². The number of carbonyl (C=O) groups is 1. The number of nitrogens with zero attached hydrogens (tertiary/aromatic N) is 1. The number of aliphatic hydroxyl groups is 1. The van der Waals surface area contributed by atoms with Gasteiger partial charge in [0, 0.05) is 6.42 Å². The quantitative estimate of drug-likeness (QED) is 0.0272. The van der Waals surface area contributed by atoms with Crippen molar-refractivity contribution in [3.8, 4) is 0 Å². The Bertz CT molecular complexity index is 1390. The monoisotopic (exact) mass is 1100 g/mol. The third-order valence-electron chi connectivity index (χ3n) is 15.3. The second-order valence-electron chi connectivity index (χ2n) is 24.2. The maximum atomic E-state index is 13.0. The molecular weight excluding hydrogens is 972 g/mol. The molecule has 1 amide bonds. The van der Waals surface area contributed by atoms with Gasteiger partial charge >= 0.3 is 0 Å². The molecule has 77 heavy (non-hydrogen) atoms. The highest BCUT2D eigenvalue weighted by molar-refractivity contribution is 7.45. The van der Waals surface area contributed by atoms with Gasteiger partial charge in [-0.15, -0.1) is 0 Å². The first-order chi connectivity index (χ1) is 37.5. The Morgan fingerprint density at radius 1 is 0.468 bits per heavy atom. The van der Waals surface area contributed by atoms with Crippen LogP contribution in [0.3, 0.4) is 0 Å². The Morgan fingerprint density at radius 3 is 1.16 bits per heavy atom. The molecular formula is C68H131N2O6P. The number of hydrogen-bond donors (Lipinski definition) is 2. The summed E-state index contributed by atoms with van der Waals surface area (Å²) in [5, 5.41) is 14.1. The predicted molar refractivity (Wildman–Crippen MR) is 334 cm³/mol. The highest BCUT2D eigenvalue weighted by Gasteiger charge is 2.24. The molecule has 0 spiro atoms. The first-order valence-electron chi connectivity index (χ1n) is 33.5. The van der Waals surface area contributed by atoms with Gasteiger partial charge in [-0.3, -0.25) is 9.36 Å². The largest absolute Gasteiger partial charge is 0.756 e. The van der Waals surface area contributed by atoms with Gasteiger partial charge in [0.15, 0.2) is 0 Å². The smallest absolute Gasteiger partial charge is 0.268 e. The molecule has 454 valence electrons. The zero-order valence-corrected chi connectivity index (χ0v) is 52.8. The summed E-state index contributed by atoms with van der Waals surface area (Å²) in [4.78, 5) is 25.6. The molecule has 0 saturated heterocycles. The molecule has 0 heterocycles. The number of likely N-dealkylation sites (N-methyl/N-ethyl adjacent to an activating group) is 1. The molecule has 0 bridgehead atoms. The van der Waals surface area contributed by atoms with E-state index in [1.165, 1.54) is 238 Å². The number of phosphoric acid groups is 1. The number of amides is 1. The van der Waals surface area contributed by atoms with Gasteiger partial charge in [0.1, 0.15) is 13.2 Å². The average Bonchev–Trinajstić information content (AvgIpc) is 3.39. The Hall–Kier alpha value is -1.54. The van der Waals surface area contributed by atoms with E-state index in [0.717, 1.165) is 64.2 Å². The van der Waals surface area contributed by atoms with Crippen LogP contribution in [0.2, 0.25) is 0 Å². The number of unbranched alkanes of at least 4 members (excludes halogenated alkanes) is 41. The molecule has 0 aliphatic heterocycles. The predicted octanol–water partition coefficient (Wildman–Crippen LogP) is 20.4. The molecule has 2 N–H and O–H groups in total. The van der Waals surface area contributed by atoms with Crippen molar-refractivity contribution in [3.05, 3.63) is 48.6 Å². The molecule has 0 aliphatic carbocycles. The van der Waals surface area contributed by atoms with E-state index in [1.54, 1.807) is 0 Å². The summed E-state index contributed by atoms with van der Waals surface area (Å²) < 4.78 is 23.5. The van der Waals surface area contributed by atoms with Crippen LogP contribution in [0, 0.1) is 0 Å². The molecule has 3 unspecified atom stereocenters. The molecule has 0 aromatic heterocycles. The average molecular weight is 1100 g/mol. The van der Waals surface area contributed by atoms with Crippen LogP contribution in [0.1, 0.15) is 328 Å². The van der Waals surface area contributed by atoms with Crippen LogP contribution >= 0.6 is 7.82 Å². The van der Waals surface area contributed by atoms with Crippen molar-refractivity contribution in [1.29, 1.82) is 0 Å². The summed E-state index contributed by atoms with van der Waals surface area (Å²) in [6.45, 7) is 4.66. The van der Waals surface area contributed by atoms with E-state index in [-0.39, 0.29) is 19.1 Å². The van der Waals surface area contributed by atoms with Crippen LogP contribution in [0.15, 0.2) is 48.6 Å². The van der Waals surface area contributed by atoms with Crippen molar-refractivity contribution in [2.45, 2.75) is 341 Å². The van der Waals surface area contributed by atoms with E-state index in [0.29, 0.717) is 23.9 Å². The fraction of sp³-hybridized carbons (Fsp3) is 0.868. The summed E-state index contributed by atoms with van der Waals surface area (Å²) >= 11 is 0. The summed E-state index contributed by atoms with van der Waals surface area (Å²) in [6.07, 6.45) is 78.9. The Kier molecular flexibility index (Phi) is 57.9. The van der Waals surface area contributed by atoms with Gasteiger partial charge in [0.2, 0.25) is 5.91 Å². The van der Waals surface area contributed by atoms with E-state index in [1.807, 2.05) is 21.1 Å². The van der Waals surface area contributed by atoms with Crippen LogP contribution in [0.5, 0.6) is 0 Å². The van der Waals surface area contributed by atoms with E-state index >= 15 is 0 Å². The number of rotatable bonds is 62. The second kappa shape index (κ2) is 59.1. The first kappa shape index (κ1) is 75.5. The van der Waals surface area contributed by atoms with Crippen molar-refractivity contribution in [1.82, 2.24) is 5.32 Å². The fourth-order valence-corrected chi connectivity index (χ4v) is 10.9. The molecule has 3 atom stereocenters. The van der Waals surface area contributed by atoms with Crippen molar-refractivity contribution >= 4 is 13.7 Å². The van der Waals surface area contributed by atoms with Gasteiger partial charge in [-0.1, -0.05) is 319 Å². The third kappa shape index (κ3) is 61.9. The van der Waals surface area contributed by atoms with Gasteiger partial charge in [0.25, 0.3) is 7.82 Å². The first-order valence-corrected chi connectivity index (χ1v) is 34.9. The minimum Gasteiger partial charge on any atom is -0.756 e. The van der Waals surface area contributed by atoms with Crippen LogP contribution < -0.4 is 10.2 Å². The van der Waals surface area contributed by atoms with E-state index in [4.69, 9.17) is 9.05 Å². The molecule has 9 heteroatoms. The number of nitrogens with one attached hydrogen (secondary N) is 1. The van der Waals surface area contributed by atoms with Crippen molar-refractivity contribution in [2.75, 3.05) is 40.9 Å². The van der Waals surface area contributed by atoms with Crippen LogP contribution in [-0.4, -0.2) is 68.5 Å². The molecule has 0 aromatic rings. The van der Waals surface area contributed by atoms with Gasteiger partial charge in [0.05, 0.1) is 39.9 Å². The van der Waals surface area contributed by atoms with E-state index in [9.17, 15) is 19.4 Å². The number of hydrogen-bond acceptors (Lipinski definition) is 6. The van der Waals surface area contributed by atoms with Crippen LogP contribution in [0.25, 0.3) is 0 Å². The third-order valence-corrected chi connectivity index (χ3v) is 16.3. The highest BCUT2D eigenvalue weighted by Crippen LogP contribution is 2.38. The number of phosphoric ester groups is 1. The standard InChI is InChI=1S/C68H131N2O6P/c1-6-8-10-12-14-16-18-20-22-24-26-28-30-32-33-34-35-36-37-38-40-42-44-46-48-50-52-54-56-58-60-62-68(72)69-66(65-76-77(73,74)75-64-63-70(3,4)5)67(71)61-59-57-55-53-51-49-47-45-43-41-39-31-29-27-25-23-21-19-17-15-13-11-9-7-2/h8,10,14,16,20,22,26,28,66-67,71H,6-7,9,11-13,15,17-19,21,23-25,27,29-65H2,1-5H3,(H-,69,72,73,74)/b10-8-,16-14-,22-20-,28-26-. The molecule has 0 aliphatic rings. The molecule has 0 aromatic carbocycles. The van der Waals surface area contributed by atoms with Gasteiger partial charge < -0.3 is 28.8 Å². The lowest BCUT2D eigenvalue weighted by atomic mass is 10.0. The summed E-state index contributed by atoms with van der Waals surface area (Å²) in [7, 11) is 1.32. The molecule has 0 saturated carbocycles. The van der Waals surface area contributed by atoms with Crippen LogP contribution in [-0.2, 0) is 18.4 Å². The molecule has 0 rings (SSSR count).